The summed E-state index contributed by atoms with van der Waals surface area (Å²) in [6.45, 7) is 2.78. The smallest absolute Gasteiger partial charge is 0.264 e. The summed E-state index contributed by atoms with van der Waals surface area (Å²) >= 11 is 0. The van der Waals surface area contributed by atoms with Gasteiger partial charge in [0.25, 0.3) is 10.1 Å². The Morgan fingerprint density at radius 2 is 1.70 bits per heavy atom. The summed E-state index contributed by atoms with van der Waals surface area (Å²) in [5.74, 6) is -0.192. The van der Waals surface area contributed by atoms with E-state index >= 15 is 0 Å². The van der Waals surface area contributed by atoms with Crippen molar-refractivity contribution in [2.24, 2.45) is 0 Å². The van der Waals surface area contributed by atoms with Crippen LogP contribution in [-0.2, 0) is 16.7 Å². The van der Waals surface area contributed by atoms with Crippen LogP contribution in [-0.4, -0.2) is 18.7 Å². The van der Waals surface area contributed by atoms with Crippen LogP contribution in [0.15, 0.2) is 60.8 Å². The van der Waals surface area contributed by atoms with E-state index < -0.39 is 10.1 Å². The molecule has 3 rings (SSSR count). The Bertz CT molecular complexity index is 1050. The molecule has 0 fully saturated rings. The van der Waals surface area contributed by atoms with E-state index in [0.29, 0.717) is 19.4 Å². The highest BCUT2D eigenvalue weighted by molar-refractivity contribution is 7.85. The fraction of sp³-hybridized carbons (Fsp3) is 0.227. The molecule has 140 valence electrons. The molecule has 2 aromatic carbocycles. The summed E-state index contributed by atoms with van der Waals surface area (Å²) in [5, 5.41) is 1.15. The van der Waals surface area contributed by atoms with Crippen molar-refractivity contribution in [3.8, 4) is 0 Å². The van der Waals surface area contributed by atoms with Crippen LogP contribution < -0.4 is 4.57 Å². The second-order valence-electron chi connectivity index (χ2n) is 6.72. The second kappa shape index (κ2) is 8.46. The largest absolute Gasteiger partial charge is 0.286 e. The van der Waals surface area contributed by atoms with E-state index in [0.717, 1.165) is 22.0 Å². The predicted molar refractivity (Wildman–Crippen MR) is 110 cm³/mol. The molecule has 0 unspecified atom stereocenters. The Hall–Kier alpha value is -2.50. The molecule has 0 aliphatic rings. The van der Waals surface area contributed by atoms with Crippen LogP contribution in [0.1, 0.15) is 29.5 Å². The molecule has 1 aromatic heterocycles. The molecule has 4 nitrogen and oxygen atoms in total. The summed E-state index contributed by atoms with van der Waals surface area (Å²) in [6.07, 6.45) is 7.39. The van der Waals surface area contributed by atoms with Crippen molar-refractivity contribution in [3.05, 3.63) is 77.5 Å². The molecular weight excluding hydrogens is 358 g/mol. The first-order valence-electron chi connectivity index (χ1n) is 9.03. The van der Waals surface area contributed by atoms with Crippen molar-refractivity contribution in [1.29, 1.82) is 0 Å². The van der Waals surface area contributed by atoms with Crippen LogP contribution in [0, 0.1) is 6.92 Å². The first-order chi connectivity index (χ1) is 12.9. The highest BCUT2D eigenvalue weighted by Crippen LogP contribution is 2.18. The molecule has 1 N–H and O–H groups in total. The topological polar surface area (TPSA) is 58.2 Å². The van der Waals surface area contributed by atoms with Crippen LogP contribution >= 0.6 is 0 Å². The number of hydrogen-bond acceptors (Lipinski definition) is 2. The lowest BCUT2D eigenvalue weighted by molar-refractivity contribution is -0.671. The van der Waals surface area contributed by atoms with Gasteiger partial charge in [-0.25, -0.2) is 0 Å². The number of pyridine rings is 1. The third kappa shape index (κ3) is 5.49. The lowest BCUT2D eigenvalue weighted by atomic mass is 10.1. The van der Waals surface area contributed by atoms with E-state index in [1.54, 1.807) is 0 Å². The predicted octanol–water partition coefficient (Wildman–Crippen LogP) is 4.27. The number of para-hydroxylation sites is 1. The Kier molecular flexibility index (Phi) is 6.04. The standard InChI is InChI=1S/C22H23NO3S/c1-18-8-10-19(11-9-18)12-13-20-14-16-23(15-4-5-17-27(24,25)26)22-7-3-2-6-21(20)22/h2-3,6-14,16H,4-5,15,17H2,1H3/p+1/b13-12+. The normalized spacial score (nSPS) is 12.1. The Morgan fingerprint density at radius 3 is 2.44 bits per heavy atom. The van der Waals surface area contributed by atoms with E-state index in [1.807, 2.05) is 18.3 Å². The van der Waals surface area contributed by atoms with E-state index in [-0.39, 0.29) is 5.75 Å². The maximum atomic E-state index is 10.8. The zero-order valence-electron chi connectivity index (χ0n) is 15.4. The van der Waals surface area contributed by atoms with Gasteiger partial charge >= 0.3 is 0 Å². The third-order valence-corrected chi connectivity index (χ3v) is 5.35. The van der Waals surface area contributed by atoms with E-state index in [9.17, 15) is 8.42 Å². The fourth-order valence-electron chi connectivity index (χ4n) is 3.08. The average Bonchev–Trinajstić information content (AvgIpc) is 2.64. The molecule has 0 saturated heterocycles. The quantitative estimate of drug-likeness (QED) is 0.377. The van der Waals surface area contributed by atoms with Gasteiger partial charge in [0.2, 0.25) is 5.52 Å². The lowest BCUT2D eigenvalue weighted by Gasteiger charge is -2.04. The zero-order valence-corrected chi connectivity index (χ0v) is 16.2. The van der Waals surface area contributed by atoms with Crippen LogP contribution in [0.4, 0.5) is 0 Å². The summed E-state index contributed by atoms with van der Waals surface area (Å²) in [5.41, 5.74) is 4.65. The molecule has 0 spiro atoms. The minimum absolute atomic E-state index is 0.192. The number of benzene rings is 2. The number of fused-ring (bicyclic) bond motifs is 1. The number of unbranched alkanes of at least 4 members (excludes halogenated alkanes) is 1. The highest BCUT2D eigenvalue weighted by Gasteiger charge is 2.11. The molecule has 0 aliphatic carbocycles. The van der Waals surface area contributed by atoms with Gasteiger partial charge in [-0.2, -0.15) is 13.0 Å². The molecule has 1 heterocycles. The molecule has 0 amide bonds. The number of rotatable bonds is 7. The van der Waals surface area contributed by atoms with Crippen molar-refractivity contribution in [2.45, 2.75) is 26.3 Å². The minimum Gasteiger partial charge on any atom is -0.286 e. The van der Waals surface area contributed by atoms with E-state index in [4.69, 9.17) is 4.55 Å². The van der Waals surface area contributed by atoms with Crippen LogP contribution in [0.3, 0.4) is 0 Å². The first-order valence-corrected chi connectivity index (χ1v) is 10.6. The number of aryl methyl sites for hydroxylation is 2. The maximum Gasteiger partial charge on any atom is 0.264 e. The number of nitrogens with zero attached hydrogens (tertiary/aromatic N) is 1. The average molecular weight is 383 g/mol. The second-order valence-corrected chi connectivity index (χ2v) is 8.29. The molecule has 5 heteroatoms. The molecule has 27 heavy (non-hydrogen) atoms. The lowest BCUT2D eigenvalue weighted by Crippen LogP contribution is -2.34. The van der Waals surface area contributed by atoms with Gasteiger partial charge in [-0.1, -0.05) is 54.1 Å². The summed E-state index contributed by atoms with van der Waals surface area (Å²) in [6, 6.07) is 18.7. The van der Waals surface area contributed by atoms with Crippen molar-refractivity contribution in [2.75, 3.05) is 5.75 Å². The van der Waals surface area contributed by atoms with Gasteiger partial charge in [-0.15, -0.1) is 0 Å². The van der Waals surface area contributed by atoms with Gasteiger partial charge in [-0.3, -0.25) is 4.55 Å². The number of aromatic nitrogens is 1. The summed E-state index contributed by atoms with van der Waals surface area (Å²) in [4.78, 5) is 0. The molecule has 0 atom stereocenters. The van der Waals surface area contributed by atoms with Crippen molar-refractivity contribution in [1.82, 2.24) is 0 Å². The van der Waals surface area contributed by atoms with Gasteiger partial charge in [-0.05, 0) is 30.5 Å². The molecule has 3 aromatic rings. The number of hydrogen-bond donors (Lipinski definition) is 1. The van der Waals surface area contributed by atoms with Crippen LogP contribution in [0.5, 0.6) is 0 Å². The molecule has 0 radical (unpaired) electrons. The summed E-state index contributed by atoms with van der Waals surface area (Å²) in [7, 11) is -3.88. The molecular formula is C22H24NO3S+. The highest BCUT2D eigenvalue weighted by atomic mass is 32.2. The Balaban J connectivity index is 1.81. The van der Waals surface area contributed by atoms with E-state index in [2.05, 4.69) is 66.1 Å². The Morgan fingerprint density at radius 1 is 0.963 bits per heavy atom. The van der Waals surface area contributed by atoms with Gasteiger partial charge < -0.3 is 0 Å². The van der Waals surface area contributed by atoms with Gasteiger partial charge in [0.15, 0.2) is 6.20 Å². The van der Waals surface area contributed by atoms with Crippen molar-refractivity contribution < 1.29 is 17.5 Å². The van der Waals surface area contributed by atoms with Gasteiger partial charge in [0, 0.05) is 18.6 Å². The maximum absolute atomic E-state index is 10.8. The molecule has 0 aliphatic heterocycles. The fourth-order valence-corrected chi connectivity index (χ4v) is 3.65. The first kappa shape index (κ1) is 19.3. The SMILES string of the molecule is Cc1ccc(/C=C/c2cc[n+](CCCCS(=O)(=O)O)c3ccccc23)cc1. The zero-order chi connectivity index (χ0) is 19.3. The monoisotopic (exact) mass is 382 g/mol. The molecule has 0 bridgehead atoms. The van der Waals surface area contributed by atoms with Gasteiger partial charge in [0.1, 0.15) is 6.54 Å². The van der Waals surface area contributed by atoms with Crippen molar-refractivity contribution in [3.63, 3.8) is 0 Å². The third-order valence-electron chi connectivity index (χ3n) is 4.54. The minimum atomic E-state index is -3.88. The van der Waals surface area contributed by atoms with E-state index in [1.165, 1.54) is 5.56 Å². The Labute approximate surface area is 160 Å². The van der Waals surface area contributed by atoms with Gasteiger partial charge in [0.05, 0.1) is 11.1 Å². The van der Waals surface area contributed by atoms with Crippen LogP contribution in [0.2, 0.25) is 0 Å². The van der Waals surface area contributed by atoms with Crippen molar-refractivity contribution >= 4 is 33.2 Å². The van der Waals surface area contributed by atoms with Crippen LogP contribution in [0.25, 0.3) is 23.1 Å². The summed E-state index contributed by atoms with van der Waals surface area (Å²) < 4.78 is 32.7. The molecule has 0 saturated carbocycles.